The fourth-order valence-electron chi connectivity index (χ4n) is 3.22. The number of nitrogens with zero attached hydrogens (tertiary/aromatic N) is 4. The molecule has 1 aromatic carbocycles. The molecular formula is C17H25N5O. The molecule has 0 bridgehead atoms. The van der Waals surface area contributed by atoms with E-state index in [4.69, 9.17) is 0 Å². The van der Waals surface area contributed by atoms with Crippen molar-refractivity contribution in [2.75, 3.05) is 20.1 Å². The highest BCUT2D eigenvalue weighted by atomic mass is 16.2. The van der Waals surface area contributed by atoms with E-state index >= 15 is 0 Å². The Morgan fingerprint density at radius 2 is 2.17 bits per heavy atom. The van der Waals surface area contributed by atoms with Gasteiger partial charge in [-0.25, -0.2) is 4.68 Å². The van der Waals surface area contributed by atoms with Crippen LogP contribution in [-0.4, -0.2) is 52.0 Å². The summed E-state index contributed by atoms with van der Waals surface area (Å²) in [5, 5.41) is 11.4. The van der Waals surface area contributed by atoms with Gasteiger partial charge in [-0.15, -0.1) is 5.10 Å². The summed E-state index contributed by atoms with van der Waals surface area (Å²) in [4.78, 5) is 14.5. The van der Waals surface area contributed by atoms with Gasteiger partial charge in [0.05, 0.1) is 11.6 Å². The van der Waals surface area contributed by atoms with E-state index in [-0.39, 0.29) is 11.9 Å². The Bertz CT molecular complexity index is 653. The molecule has 3 rings (SSSR count). The Morgan fingerprint density at radius 3 is 3.09 bits per heavy atom. The van der Waals surface area contributed by atoms with E-state index in [1.54, 1.807) is 0 Å². The predicted octanol–water partition coefficient (Wildman–Crippen LogP) is 1.81. The number of rotatable bonds is 5. The van der Waals surface area contributed by atoms with Crippen molar-refractivity contribution >= 4 is 16.9 Å². The lowest BCUT2D eigenvalue weighted by Crippen LogP contribution is -2.45. The van der Waals surface area contributed by atoms with Crippen LogP contribution in [0.4, 0.5) is 0 Å². The van der Waals surface area contributed by atoms with Crippen LogP contribution < -0.4 is 5.32 Å². The summed E-state index contributed by atoms with van der Waals surface area (Å²) in [6.45, 7) is 2.46. The summed E-state index contributed by atoms with van der Waals surface area (Å²) in [7, 11) is 2.05. The Morgan fingerprint density at radius 1 is 1.30 bits per heavy atom. The summed E-state index contributed by atoms with van der Waals surface area (Å²) in [5.41, 5.74) is 1.96. The van der Waals surface area contributed by atoms with Crippen molar-refractivity contribution < 1.29 is 4.79 Å². The van der Waals surface area contributed by atoms with Gasteiger partial charge >= 0.3 is 0 Å². The molecule has 23 heavy (non-hydrogen) atoms. The van der Waals surface area contributed by atoms with Gasteiger partial charge in [-0.2, -0.15) is 0 Å². The van der Waals surface area contributed by atoms with E-state index in [1.165, 1.54) is 12.8 Å². The number of carbonyl (C=O) groups excluding carboxylic acids is 1. The molecule has 124 valence electrons. The molecule has 6 nitrogen and oxygen atoms in total. The standard InChI is InChI=1S/C17H25N5O/c1-21-12-6-2-3-10-16(21)17(23)18-11-7-13-22-15-9-5-4-8-14(15)19-20-22/h4-5,8-9,16H,2-3,6-7,10-13H2,1H3,(H,18,23)/t16-/m0/s1. The number of fused-ring (bicyclic) bond motifs is 1. The van der Waals surface area contributed by atoms with Crippen LogP contribution in [0.1, 0.15) is 32.1 Å². The van der Waals surface area contributed by atoms with Crippen molar-refractivity contribution in [2.24, 2.45) is 0 Å². The molecule has 1 aliphatic heterocycles. The minimum Gasteiger partial charge on any atom is -0.355 e. The summed E-state index contributed by atoms with van der Waals surface area (Å²) in [6, 6.07) is 7.97. The molecular weight excluding hydrogens is 290 g/mol. The average Bonchev–Trinajstić information content (AvgIpc) is 2.85. The third-order valence-electron chi connectivity index (χ3n) is 4.59. The predicted molar refractivity (Wildman–Crippen MR) is 90.0 cm³/mol. The molecule has 1 saturated heterocycles. The Kier molecular flexibility index (Phi) is 5.23. The molecule has 1 amide bonds. The van der Waals surface area contributed by atoms with Crippen LogP contribution in [0.3, 0.4) is 0 Å². The van der Waals surface area contributed by atoms with Gasteiger partial charge in [-0.3, -0.25) is 9.69 Å². The highest BCUT2D eigenvalue weighted by Gasteiger charge is 2.24. The zero-order valence-corrected chi connectivity index (χ0v) is 13.7. The molecule has 0 radical (unpaired) electrons. The van der Waals surface area contributed by atoms with Crippen molar-refractivity contribution in [2.45, 2.75) is 44.7 Å². The van der Waals surface area contributed by atoms with E-state index in [1.807, 2.05) is 28.9 Å². The van der Waals surface area contributed by atoms with Crippen LogP contribution in [-0.2, 0) is 11.3 Å². The number of hydrogen-bond acceptors (Lipinski definition) is 4. The maximum atomic E-state index is 12.3. The highest BCUT2D eigenvalue weighted by Crippen LogP contribution is 2.15. The maximum absolute atomic E-state index is 12.3. The lowest BCUT2D eigenvalue weighted by molar-refractivity contribution is -0.126. The van der Waals surface area contributed by atoms with Crippen LogP contribution in [0.2, 0.25) is 0 Å². The lowest BCUT2D eigenvalue weighted by Gasteiger charge is -2.24. The Balaban J connectivity index is 1.46. The molecule has 0 unspecified atom stereocenters. The molecule has 6 heteroatoms. The van der Waals surface area contributed by atoms with Crippen molar-refractivity contribution in [1.82, 2.24) is 25.2 Å². The Hall–Kier alpha value is -1.95. The van der Waals surface area contributed by atoms with E-state index in [2.05, 4.69) is 27.6 Å². The molecule has 2 aromatic rings. The normalized spacial score (nSPS) is 19.6. The van der Waals surface area contributed by atoms with Gasteiger partial charge in [0.2, 0.25) is 5.91 Å². The largest absolute Gasteiger partial charge is 0.355 e. The van der Waals surface area contributed by atoms with Crippen LogP contribution in [0.15, 0.2) is 24.3 Å². The van der Waals surface area contributed by atoms with Crippen LogP contribution in [0.5, 0.6) is 0 Å². The molecule has 1 N–H and O–H groups in total. The summed E-state index contributed by atoms with van der Waals surface area (Å²) in [5.74, 6) is 0.165. The average molecular weight is 315 g/mol. The first-order chi connectivity index (χ1) is 11.3. The van der Waals surface area contributed by atoms with Crippen molar-refractivity contribution in [3.63, 3.8) is 0 Å². The number of amides is 1. The molecule has 1 aromatic heterocycles. The van der Waals surface area contributed by atoms with Crippen LogP contribution >= 0.6 is 0 Å². The maximum Gasteiger partial charge on any atom is 0.237 e. The number of aromatic nitrogens is 3. The van der Waals surface area contributed by atoms with Crippen LogP contribution in [0, 0.1) is 0 Å². The minimum absolute atomic E-state index is 0.0321. The third kappa shape index (κ3) is 3.88. The van der Waals surface area contributed by atoms with Gasteiger partial charge in [0.25, 0.3) is 0 Å². The van der Waals surface area contributed by atoms with Gasteiger partial charge in [-0.1, -0.05) is 30.2 Å². The number of carbonyl (C=O) groups is 1. The number of para-hydroxylation sites is 1. The molecule has 1 aliphatic rings. The fraction of sp³-hybridized carbons (Fsp3) is 0.588. The summed E-state index contributed by atoms with van der Waals surface area (Å²) < 4.78 is 1.90. The first-order valence-electron chi connectivity index (χ1n) is 8.52. The molecule has 1 atom stereocenters. The zero-order chi connectivity index (χ0) is 16.1. The van der Waals surface area contributed by atoms with Crippen molar-refractivity contribution in [1.29, 1.82) is 0 Å². The van der Waals surface area contributed by atoms with Gasteiger partial charge in [0, 0.05) is 13.1 Å². The number of likely N-dealkylation sites (N-methyl/N-ethyl adjacent to an activating group) is 1. The Labute approximate surface area is 136 Å². The smallest absolute Gasteiger partial charge is 0.237 e. The van der Waals surface area contributed by atoms with E-state index in [0.717, 1.165) is 43.4 Å². The van der Waals surface area contributed by atoms with Crippen molar-refractivity contribution in [3.8, 4) is 0 Å². The van der Waals surface area contributed by atoms with Gasteiger partial charge in [-0.05, 0) is 45.0 Å². The molecule has 0 saturated carbocycles. The monoisotopic (exact) mass is 315 g/mol. The van der Waals surface area contributed by atoms with E-state index in [9.17, 15) is 4.79 Å². The van der Waals surface area contributed by atoms with E-state index < -0.39 is 0 Å². The highest BCUT2D eigenvalue weighted by molar-refractivity contribution is 5.81. The second-order valence-corrected chi connectivity index (χ2v) is 6.29. The van der Waals surface area contributed by atoms with Gasteiger partial charge < -0.3 is 5.32 Å². The van der Waals surface area contributed by atoms with Crippen molar-refractivity contribution in [3.05, 3.63) is 24.3 Å². The topological polar surface area (TPSA) is 63.1 Å². The fourth-order valence-corrected chi connectivity index (χ4v) is 3.22. The number of nitrogens with one attached hydrogen (secondary N) is 1. The third-order valence-corrected chi connectivity index (χ3v) is 4.59. The molecule has 1 fully saturated rings. The zero-order valence-electron chi connectivity index (χ0n) is 13.7. The summed E-state index contributed by atoms with van der Waals surface area (Å²) in [6.07, 6.45) is 5.39. The number of aryl methyl sites for hydroxylation is 1. The second-order valence-electron chi connectivity index (χ2n) is 6.29. The van der Waals surface area contributed by atoms with Gasteiger partial charge in [0.1, 0.15) is 5.52 Å². The van der Waals surface area contributed by atoms with E-state index in [0.29, 0.717) is 6.54 Å². The lowest BCUT2D eigenvalue weighted by atomic mass is 10.1. The quantitative estimate of drug-likeness (QED) is 0.855. The second kappa shape index (κ2) is 7.55. The summed E-state index contributed by atoms with van der Waals surface area (Å²) >= 11 is 0. The molecule has 2 heterocycles. The molecule has 0 aliphatic carbocycles. The van der Waals surface area contributed by atoms with Gasteiger partial charge in [0.15, 0.2) is 0 Å². The first kappa shape index (κ1) is 15.9. The minimum atomic E-state index is 0.0321. The number of hydrogen-bond donors (Lipinski definition) is 1. The first-order valence-corrected chi connectivity index (χ1v) is 8.52. The number of likely N-dealkylation sites (tertiary alicyclic amines) is 1. The SMILES string of the molecule is CN1CCCCC[C@H]1C(=O)NCCCn1nnc2ccccc21. The number of benzene rings is 1. The van der Waals surface area contributed by atoms with Crippen LogP contribution in [0.25, 0.3) is 11.0 Å². The molecule has 0 spiro atoms.